The van der Waals surface area contributed by atoms with E-state index in [9.17, 15) is 19.5 Å². The zero-order valence-corrected chi connectivity index (χ0v) is 12.4. The predicted octanol–water partition coefficient (Wildman–Crippen LogP) is 1.29. The van der Waals surface area contributed by atoms with Gasteiger partial charge in [-0.3, -0.25) is 14.4 Å². The van der Waals surface area contributed by atoms with E-state index in [1.807, 2.05) is 0 Å². The van der Waals surface area contributed by atoms with Crippen molar-refractivity contribution in [3.05, 3.63) is 0 Å². The number of amides is 1. The maximum absolute atomic E-state index is 12.5. The van der Waals surface area contributed by atoms with E-state index in [4.69, 9.17) is 4.74 Å². The SMILES string of the molecule is CCOC(=O)C1CCN(C(=O)[C@@H]2CCC[C@@H]2C(=O)O)CC1. The Bertz CT molecular complexity index is 414. The van der Waals surface area contributed by atoms with Gasteiger partial charge in [0.15, 0.2) is 0 Å². The van der Waals surface area contributed by atoms with E-state index in [1.54, 1.807) is 11.8 Å². The Morgan fingerprint density at radius 3 is 2.29 bits per heavy atom. The molecule has 1 saturated heterocycles. The van der Waals surface area contributed by atoms with Gasteiger partial charge in [0.25, 0.3) is 0 Å². The summed E-state index contributed by atoms with van der Waals surface area (Å²) in [4.78, 5) is 37.0. The van der Waals surface area contributed by atoms with Crippen molar-refractivity contribution < 1.29 is 24.2 Å². The maximum Gasteiger partial charge on any atom is 0.309 e. The Labute approximate surface area is 124 Å². The summed E-state index contributed by atoms with van der Waals surface area (Å²) in [5.74, 6) is -2.17. The molecule has 0 aromatic heterocycles. The van der Waals surface area contributed by atoms with Crippen molar-refractivity contribution in [3.8, 4) is 0 Å². The molecule has 0 aromatic rings. The van der Waals surface area contributed by atoms with Gasteiger partial charge < -0.3 is 14.7 Å². The summed E-state index contributed by atoms with van der Waals surface area (Å²) in [6.45, 7) is 3.19. The molecule has 1 aliphatic heterocycles. The minimum atomic E-state index is -0.868. The van der Waals surface area contributed by atoms with E-state index in [-0.39, 0.29) is 23.7 Å². The summed E-state index contributed by atoms with van der Waals surface area (Å²) in [6, 6.07) is 0. The normalized spacial score (nSPS) is 26.6. The van der Waals surface area contributed by atoms with Crippen LogP contribution in [0.15, 0.2) is 0 Å². The van der Waals surface area contributed by atoms with Crippen LogP contribution in [0, 0.1) is 17.8 Å². The monoisotopic (exact) mass is 297 g/mol. The number of likely N-dealkylation sites (tertiary alicyclic amines) is 1. The van der Waals surface area contributed by atoms with Gasteiger partial charge in [0, 0.05) is 13.1 Å². The van der Waals surface area contributed by atoms with E-state index in [0.717, 1.165) is 6.42 Å². The fourth-order valence-corrected chi connectivity index (χ4v) is 3.38. The zero-order valence-electron chi connectivity index (χ0n) is 12.4. The average Bonchev–Trinajstić information content (AvgIpc) is 2.96. The van der Waals surface area contributed by atoms with Gasteiger partial charge in [-0.15, -0.1) is 0 Å². The molecular weight excluding hydrogens is 274 g/mol. The van der Waals surface area contributed by atoms with Gasteiger partial charge in [0.1, 0.15) is 0 Å². The van der Waals surface area contributed by atoms with Crippen LogP contribution < -0.4 is 0 Å². The lowest BCUT2D eigenvalue weighted by molar-refractivity contribution is -0.153. The van der Waals surface area contributed by atoms with Gasteiger partial charge in [0.2, 0.25) is 5.91 Å². The van der Waals surface area contributed by atoms with Crippen LogP contribution in [0.5, 0.6) is 0 Å². The predicted molar refractivity (Wildman–Crippen MR) is 74.4 cm³/mol. The van der Waals surface area contributed by atoms with E-state index >= 15 is 0 Å². The fraction of sp³-hybridized carbons (Fsp3) is 0.800. The summed E-state index contributed by atoms with van der Waals surface area (Å²) in [5.41, 5.74) is 0. The van der Waals surface area contributed by atoms with Gasteiger partial charge in [-0.1, -0.05) is 6.42 Å². The third-order valence-electron chi connectivity index (χ3n) is 4.58. The molecule has 1 heterocycles. The molecule has 118 valence electrons. The molecule has 1 aliphatic carbocycles. The molecular formula is C15H23NO5. The first-order valence-corrected chi connectivity index (χ1v) is 7.72. The average molecular weight is 297 g/mol. The summed E-state index contributed by atoms with van der Waals surface area (Å²) >= 11 is 0. The summed E-state index contributed by atoms with van der Waals surface area (Å²) < 4.78 is 5.01. The highest BCUT2D eigenvalue weighted by molar-refractivity contribution is 5.85. The van der Waals surface area contributed by atoms with Crippen LogP contribution in [0.25, 0.3) is 0 Å². The number of carbonyl (C=O) groups excluding carboxylic acids is 2. The van der Waals surface area contributed by atoms with E-state index in [1.165, 1.54) is 0 Å². The van der Waals surface area contributed by atoms with E-state index < -0.39 is 11.9 Å². The Hall–Kier alpha value is -1.59. The minimum absolute atomic E-state index is 0.0535. The summed E-state index contributed by atoms with van der Waals surface area (Å²) in [6.07, 6.45) is 3.26. The molecule has 0 radical (unpaired) electrons. The minimum Gasteiger partial charge on any atom is -0.481 e. The number of aliphatic carboxylic acids is 1. The molecule has 21 heavy (non-hydrogen) atoms. The number of hydrogen-bond donors (Lipinski definition) is 1. The molecule has 2 atom stereocenters. The van der Waals surface area contributed by atoms with Crippen LogP contribution in [0.1, 0.15) is 39.0 Å². The third kappa shape index (κ3) is 3.54. The molecule has 6 heteroatoms. The molecule has 0 aromatic carbocycles. The van der Waals surface area contributed by atoms with E-state index in [0.29, 0.717) is 45.4 Å². The number of esters is 1. The second-order valence-electron chi connectivity index (χ2n) is 5.83. The van der Waals surface area contributed by atoms with Crippen LogP contribution in [0.2, 0.25) is 0 Å². The lowest BCUT2D eigenvalue weighted by Crippen LogP contribution is -2.44. The number of hydrogen-bond acceptors (Lipinski definition) is 4. The van der Waals surface area contributed by atoms with Crippen molar-refractivity contribution in [2.24, 2.45) is 17.8 Å². The molecule has 0 unspecified atom stereocenters. The van der Waals surface area contributed by atoms with Crippen LogP contribution in [-0.4, -0.2) is 47.5 Å². The Morgan fingerprint density at radius 1 is 1.10 bits per heavy atom. The quantitative estimate of drug-likeness (QED) is 0.790. The van der Waals surface area contributed by atoms with Crippen LogP contribution >= 0.6 is 0 Å². The lowest BCUT2D eigenvalue weighted by Gasteiger charge is -2.33. The number of carboxylic acid groups (broad SMARTS) is 1. The van der Waals surface area contributed by atoms with Gasteiger partial charge >= 0.3 is 11.9 Å². The zero-order chi connectivity index (χ0) is 15.4. The largest absolute Gasteiger partial charge is 0.481 e. The molecule has 2 rings (SSSR count). The van der Waals surface area contributed by atoms with Crippen LogP contribution in [-0.2, 0) is 19.1 Å². The van der Waals surface area contributed by atoms with E-state index in [2.05, 4.69) is 0 Å². The lowest BCUT2D eigenvalue weighted by atomic mass is 9.92. The first-order chi connectivity index (χ1) is 10.0. The summed E-state index contributed by atoms with van der Waals surface area (Å²) in [7, 11) is 0. The highest BCUT2D eigenvalue weighted by Crippen LogP contribution is 2.34. The number of piperidine rings is 1. The number of carbonyl (C=O) groups is 3. The molecule has 2 aliphatic rings. The Balaban J connectivity index is 1.88. The second kappa shape index (κ2) is 6.91. The van der Waals surface area contributed by atoms with Crippen LogP contribution in [0.3, 0.4) is 0 Å². The number of carboxylic acids is 1. The standard InChI is InChI=1S/C15H23NO5/c1-2-21-15(20)10-6-8-16(9-7-10)13(17)11-4-3-5-12(11)14(18)19/h10-12H,2-9H2,1H3,(H,18,19)/t11-,12+/m1/s1. The van der Waals surface area contributed by atoms with Gasteiger partial charge in [-0.05, 0) is 32.6 Å². The third-order valence-corrected chi connectivity index (χ3v) is 4.58. The van der Waals surface area contributed by atoms with Crippen LogP contribution in [0.4, 0.5) is 0 Å². The molecule has 2 fully saturated rings. The molecule has 1 N–H and O–H groups in total. The Morgan fingerprint density at radius 2 is 1.71 bits per heavy atom. The maximum atomic E-state index is 12.5. The van der Waals surface area contributed by atoms with Crippen molar-refractivity contribution in [2.45, 2.75) is 39.0 Å². The molecule has 0 spiro atoms. The molecule has 1 amide bonds. The highest BCUT2D eigenvalue weighted by Gasteiger charge is 2.40. The van der Waals surface area contributed by atoms with Crippen molar-refractivity contribution >= 4 is 17.8 Å². The summed E-state index contributed by atoms with van der Waals surface area (Å²) in [5, 5.41) is 9.17. The first-order valence-electron chi connectivity index (χ1n) is 7.72. The van der Waals surface area contributed by atoms with Crippen molar-refractivity contribution in [3.63, 3.8) is 0 Å². The fourth-order valence-electron chi connectivity index (χ4n) is 3.38. The van der Waals surface area contributed by atoms with Gasteiger partial charge in [-0.2, -0.15) is 0 Å². The van der Waals surface area contributed by atoms with Crippen molar-refractivity contribution in [2.75, 3.05) is 19.7 Å². The molecule has 0 bridgehead atoms. The first kappa shape index (κ1) is 15.8. The van der Waals surface area contributed by atoms with Crippen molar-refractivity contribution in [1.82, 2.24) is 4.90 Å². The van der Waals surface area contributed by atoms with Gasteiger partial charge in [-0.25, -0.2) is 0 Å². The highest BCUT2D eigenvalue weighted by atomic mass is 16.5. The number of ether oxygens (including phenoxy) is 1. The topological polar surface area (TPSA) is 83.9 Å². The Kier molecular flexibility index (Phi) is 5.20. The van der Waals surface area contributed by atoms with Gasteiger partial charge in [0.05, 0.1) is 24.4 Å². The molecule has 6 nitrogen and oxygen atoms in total. The smallest absolute Gasteiger partial charge is 0.309 e. The van der Waals surface area contributed by atoms with Crippen molar-refractivity contribution in [1.29, 1.82) is 0 Å². The number of rotatable bonds is 4. The second-order valence-corrected chi connectivity index (χ2v) is 5.83. The number of nitrogens with zero attached hydrogens (tertiary/aromatic N) is 1. The molecule has 1 saturated carbocycles.